The zero-order valence-corrected chi connectivity index (χ0v) is 17.8. The maximum Gasteiger partial charge on any atom is 0.231 e. The molecule has 4 aromatic rings. The highest BCUT2D eigenvalue weighted by molar-refractivity contribution is 6.31. The number of carbonyl (C=O) groups excluding carboxylic acids is 1. The van der Waals surface area contributed by atoms with Crippen LogP contribution in [0.15, 0.2) is 54.6 Å². The molecular formula is C22H19ClFN5O3. The van der Waals surface area contributed by atoms with Gasteiger partial charge in [0.05, 0.1) is 25.6 Å². The third-order valence-electron chi connectivity index (χ3n) is 4.66. The van der Waals surface area contributed by atoms with Gasteiger partial charge in [0.15, 0.2) is 11.5 Å². The van der Waals surface area contributed by atoms with Gasteiger partial charge in [0.25, 0.3) is 0 Å². The van der Waals surface area contributed by atoms with Crippen molar-refractivity contribution < 1.29 is 18.7 Å². The highest BCUT2D eigenvalue weighted by atomic mass is 35.5. The monoisotopic (exact) mass is 455 g/mol. The smallest absolute Gasteiger partial charge is 0.231 e. The van der Waals surface area contributed by atoms with Crippen LogP contribution >= 0.6 is 11.6 Å². The Hall–Kier alpha value is -3.72. The van der Waals surface area contributed by atoms with E-state index in [2.05, 4.69) is 20.6 Å². The van der Waals surface area contributed by atoms with E-state index in [1.54, 1.807) is 29.8 Å². The Labute approximate surface area is 187 Å². The number of nitrogens with zero attached hydrogens (tertiary/aromatic N) is 4. The second kappa shape index (κ2) is 9.61. The van der Waals surface area contributed by atoms with E-state index in [-0.39, 0.29) is 36.1 Å². The van der Waals surface area contributed by atoms with Crippen molar-refractivity contribution >= 4 is 23.2 Å². The summed E-state index contributed by atoms with van der Waals surface area (Å²) in [6, 6.07) is 15.1. The molecule has 10 heteroatoms. The van der Waals surface area contributed by atoms with Crippen molar-refractivity contribution in [1.29, 1.82) is 0 Å². The van der Waals surface area contributed by atoms with Crippen molar-refractivity contribution in [3.63, 3.8) is 0 Å². The summed E-state index contributed by atoms with van der Waals surface area (Å²) in [5.41, 5.74) is 1.45. The van der Waals surface area contributed by atoms with Crippen LogP contribution in [0.5, 0.6) is 11.6 Å². The number of rotatable bonds is 8. The first-order chi connectivity index (χ1) is 15.6. The molecule has 1 N–H and O–H groups in total. The fourth-order valence-electron chi connectivity index (χ4n) is 3.12. The van der Waals surface area contributed by atoms with Crippen LogP contribution in [0, 0.1) is 5.82 Å². The predicted molar refractivity (Wildman–Crippen MR) is 116 cm³/mol. The lowest BCUT2D eigenvalue weighted by molar-refractivity contribution is -0.120. The lowest BCUT2D eigenvalue weighted by Gasteiger charge is -2.09. The number of halogens is 2. The number of hydrogen-bond donors (Lipinski definition) is 1. The van der Waals surface area contributed by atoms with Gasteiger partial charge in [-0.05, 0) is 30.3 Å². The molecule has 0 atom stereocenters. The summed E-state index contributed by atoms with van der Waals surface area (Å²) in [6.07, 6.45) is -0.154. The van der Waals surface area contributed by atoms with Gasteiger partial charge in [-0.25, -0.2) is 4.39 Å². The molecule has 0 aliphatic carbocycles. The van der Waals surface area contributed by atoms with Crippen LogP contribution in [0.3, 0.4) is 0 Å². The zero-order chi connectivity index (χ0) is 22.5. The molecule has 164 valence electrons. The van der Waals surface area contributed by atoms with Gasteiger partial charge in [0, 0.05) is 16.7 Å². The van der Waals surface area contributed by atoms with Gasteiger partial charge in [0.1, 0.15) is 18.2 Å². The molecule has 0 bridgehead atoms. The third-order valence-corrected chi connectivity index (χ3v) is 5.01. The number of fused-ring (bicyclic) bond motifs is 1. The number of carbonyl (C=O) groups is 1. The molecule has 0 saturated carbocycles. The molecule has 32 heavy (non-hydrogen) atoms. The highest BCUT2D eigenvalue weighted by Gasteiger charge is 2.15. The van der Waals surface area contributed by atoms with Crippen molar-refractivity contribution in [3.05, 3.63) is 71.0 Å². The van der Waals surface area contributed by atoms with Gasteiger partial charge in [0.2, 0.25) is 11.8 Å². The van der Waals surface area contributed by atoms with Crippen molar-refractivity contribution in [2.24, 2.45) is 0 Å². The minimum Gasteiger partial charge on any atom is -0.496 e. The molecule has 0 spiro atoms. The van der Waals surface area contributed by atoms with Crippen molar-refractivity contribution in [2.75, 3.05) is 20.3 Å². The molecule has 0 saturated heterocycles. The normalized spacial score (nSPS) is 10.8. The number of ether oxygens (including phenoxy) is 2. The molecule has 2 heterocycles. The second-order valence-corrected chi connectivity index (χ2v) is 7.15. The number of methoxy groups -OCH3 is 1. The predicted octanol–water partition coefficient (Wildman–Crippen LogP) is 3.33. The van der Waals surface area contributed by atoms with Gasteiger partial charge >= 0.3 is 0 Å². The topological polar surface area (TPSA) is 90.6 Å². The molecule has 8 nitrogen and oxygen atoms in total. The van der Waals surface area contributed by atoms with Crippen LogP contribution < -0.4 is 14.8 Å². The summed E-state index contributed by atoms with van der Waals surface area (Å²) in [6.45, 7) is 0.382. The average molecular weight is 456 g/mol. The number of amides is 1. The maximum absolute atomic E-state index is 13.8. The average Bonchev–Trinajstić information content (AvgIpc) is 3.22. The molecule has 0 fully saturated rings. The molecule has 4 rings (SSSR count). The van der Waals surface area contributed by atoms with Crippen LogP contribution in [-0.2, 0) is 11.2 Å². The number of para-hydroxylation sites is 1. The van der Waals surface area contributed by atoms with Gasteiger partial charge in [-0.3, -0.25) is 4.79 Å². The first-order valence-electron chi connectivity index (χ1n) is 9.75. The molecule has 2 aromatic carbocycles. The van der Waals surface area contributed by atoms with Crippen LogP contribution in [0.2, 0.25) is 5.02 Å². The van der Waals surface area contributed by atoms with Crippen LogP contribution in [0.4, 0.5) is 4.39 Å². The first kappa shape index (κ1) is 21.5. The summed E-state index contributed by atoms with van der Waals surface area (Å²) in [4.78, 5) is 12.1. The summed E-state index contributed by atoms with van der Waals surface area (Å²) in [7, 11) is 1.58. The number of benzene rings is 2. The Morgan fingerprint density at radius 1 is 1.12 bits per heavy atom. The van der Waals surface area contributed by atoms with E-state index >= 15 is 0 Å². The van der Waals surface area contributed by atoms with Crippen LogP contribution in [-0.4, -0.2) is 46.0 Å². The lowest BCUT2D eigenvalue weighted by atomic mass is 10.1. The summed E-state index contributed by atoms with van der Waals surface area (Å²) >= 11 is 5.96. The SMILES string of the molecule is COc1ccccc1-c1nnc2ccc(OCCNC(=O)Cc3c(F)cccc3Cl)nn12. The fraction of sp³-hybridized carbons (Fsp3) is 0.182. The number of hydrogen-bond acceptors (Lipinski definition) is 6. The third kappa shape index (κ3) is 4.62. The molecular weight excluding hydrogens is 437 g/mol. The standard InChI is InChI=1S/C22H19ClFN5O3/c1-31-18-8-3-2-5-14(18)22-27-26-19-9-10-21(28-29(19)22)32-12-11-25-20(30)13-15-16(23)6-4-7-17(15)24/h2-10H,11-13H2,1H3,(H,25,30). The molecule has 2 aromatic heterocycles. The van der Waals surface area contributed by atoms with E-state index in [0.29, 0.717) is 23.1 Å². The van der Waals surface area contributed by atoms with Crippen LogP contribution in [0.25, 0.3) is 17.0 Å². The number of nitrogens with one attached hydrogen (secondary N) is 1. The van der Waals surface area contributed by atoms with Crippen molar-refractivity contribution in [1.82, 2.24) is 25.1 Å². The van der Waals surface area contributed by atoms with Crippen molar-refractivity contribution in [3.8, 4) is 23.0 Å². The maximum atomic E-state index is 13.8. The van der Waals surface area contributed by atoms with Gasteiger partial charge in [-0.2, -0.15) is 4.52 Å². The van der Waals surface area contributed by atoms with E-state index in [0.717, 1.165) is 5.56 Å². The first-order valence-corrected chi connectivity index (χ1v) is 10.1. The summed E-state index contributed by atoms with van der Waals surface area (Å²) in [5, 5.41) is 15.7. The minimum atomic E-state index is -0.513. The second-order valence-electron chi connectivity index (χ2n) is 6.74. The Bertz CT molecular complexity index is 1240. The van der Waals surface area contributed by atoms with E-state index in [9.17, 15) is 9.18 Å². The Morgan fingerprint density at radius 2 is 1.97 bits per heavy atom. The lowest BCUT2D eigenvalue weighted by Crippen LogP contribution is -2.29. The fourth-order valence-corrected chi connectivity index (χ4v) is 3.35. The van der Waals surface area contributed by atoms with E-state index < -0.39 is 5.82 Å². The van der Waals surface area contributed by atoms with E-state index in [1.165, 1.54) is 12.1 Å². The quantitative estimate of drug-likeness (QED) is 0.410. The summed E-state index contributed by atoms with van der Waals surface area (Å²) < 4.78 is 26.4. The highest BCUT2D eigenvalue weighted by Crippen LogP contribution is 2.28. The van der Waals surface area contributed by atoms with Crippen LogP contribution in [0.1, 0.15) is 5.56 Å². The molecule has 0 radical (unpaired) electrons. The molecule has 0 aliphatic heterocycles. The molecule has 0 unspecified atom stereocenters. The zero-order valence-electron chi connectivity index (χ0n) is 17.1. The van der Waals surface area contributed by atoms with E-state index in [1.807, 2.05) is 24.3 Å². The molecule has 0 aliphatic rings. The molecule has 1 amide bonds. The van der Waals surface area contributed by atoms with Gasteiger partial charge < -0.3 is 14.8 Å². The summed E-state index contributed by atoms with van der Waals surface area (Å²) in [5.74, 6) is 0.618. The Balaban J connectivity index is 1.38. The minimum absolute atomic E-state index is 0.154. The van der Waals surface area contributed by atoms with Gasteiger partial charge in [-0.15, -0.1) is 15.3 Å². The largest absolute Gasteiger partial charge is 0.496 e. The van der Waals surface area contributed by atoms with E-state index in [4.69, 9.17) is 21.1 Å². The van der Waals surface area contributed by atoms with Crippen molar-refractivity contribution in [2.45, 2.75) is 6.42 Å². The number of aromatic nitrogens is 4. The Morgan fingerprint density at radius 3 is 2.78 bits per heavy atom. The Kier molecular flexibility index (Phi) is 6.46. The van der Waals surface area contributed by atoms with Gasteiger partial charge in [-0.1, -0.05) is 29.8 Å².